The summed E-state index contributed by atoms with van der Waals surface area (Å²) in [5.74, 6) is 2.33. The third kappa shape index (κ3) is 4.24. The first-order chi connectivity index (χ1) is 12.7. The largest absolute Gasteiger partial charge is 0.497 e. The molecule has 0 atom stereocenters. The molecule has 2 heterocycles. The van der Waals surface area contributed by atoms with Gasteiger partial charge < -0.3 is 15.4 Å². The molecule has 1 aliphatic carbocycles. The van der Waals surface area contributed by atoms with E-state index in [1.54, 1.807) is 11.8 Å². The molecule has 2 N–H and O–H groups in total. The molecule has 0 saturated heterocycles. The highest BCUT2D eigenvalue weighted by atomic mass is 35.5. The number of rotatable bonds is 6. The number of nitrogens with zero attached hydrogens (tertiary/aromatic N) is 4. The lowest BCUT2D eigenvalue weighted by Crippen LogP contribution is -2.17. The van der Waals surface area contributed by atoms with E-state index >= 15 is 0 Å². The Balaban J connectivity index is 0.00000210. The van der Waals surface area contributed by atoms with Crippen molar-refractivity contribution in [3.8, 4) is 5.75 Å². The zero-order valence-electron chi connectivity index (χ0n) is 15.6. The summed E-state index contributed by atoms with van der Waals surface area (Å²) in [7, 11) is 3.58. The van der Waals surface area contributed by atoms with Crippen molar-refractivity contribution in [2.45, 2.75) is 38.3 Å². The van der Waals surface area contributed by atoms with Gasteiger partial charge in [-0.05, 0) is 30.5 Å². The molecular formula is C19H25ClN6O. The molecule has 0 bridgehead atoms. The topological polar surface area (TPSA) is 76.9 Å². The minimum absolute atomic E-state index is 0. The van der Waals surface area contributed by atoms with Crippen molar-refractivity contribution < 1.29 is 4.74 Å². The van der Waals surface area contributed by atoms with Gasteiger partial charge in [-0.2, -0.15) is 15.1 Å². The second-order valence-electron chi connectivity index (χ2n) is 6.73. The number of anilines is 2. The van der Waals surface area contributed by atoms with Crippen LogP contribution in [0.2, 0.25) is 0 Å². The van der Waals surface area contributed by atoms with Gasteiger partial charge in [-0.25, -0.2) is 0 Å². The van der Waals surface area contributed by atoms with Crippen LogP contribution in [0.25, 0.3) is 11.0 Å². The molecule has 0 unspecified atom stereocenters. The number of benzene rings is 1. The number of fused-ring (bicyclic) bond motifs is 1. The highest BCUT2D eigenvalue weighted by Crippen LogP contribution is 2.25. The molecule has 3 aromatic rings. The molecule has 1 fully saturated rings. The zero-order chi connectivity index (χ0) is 17.9. The Morgan fingerprint density at radius 3 is 2.59 bits per heavy atom. The SMILES string of the molecule is COc1ccc(CNc2nc(NC3CCCC3)nc3c2cnn3C)cc1.Cl. The summed E-state index contributed by atoms with van der Waals surface area (Å²) in [6, 6.07) is 8.49. The minimum atomic E-state index is 0. The van der Waals surface area contributed by atoms with E-state index < -0.39 is 0 Å². The second kappa shape index (κ2) is 8.43. The van der Waals surface area contributed by atoms with E-state index in [0.717, 1.165) is 28.2 Å². The average molecular weight is 389 g/mol. The van der Waals surface area contributed by atoms with Crippen LogP contribution in [0.15, 0.2) is 30.5 Å². The number of aromatic nitrogens is 4. The third-order valence-corrected chi connectivity index (χ3v) is 4.90. The Morgan fingerprint density at radius 1 is 1.15 bits per heavy atom. The van der Waals surface area contributed by atoms with E-state index in [4.69, 9.17) is 9.72 Å². The van der Waals surface area contributed by atoms with Crippen molar-refractivity contribution in [1.29, 1.82) is 0 Å². The van der Waals surface area contributed by atoms with Gasteiger partial charge in [0.15, 0.2) is 5.65 Å². The predicted octanol–water partition coefficient (Wildman–Crippen LogP) is 3.76. The van der Waals surface area contributed by atoms with Gasteiger partial charge in [-0.15, -0.1) is 12.4 Å². The molecule has 4 rings (SSSR count). The highest BCUT2D eigenvalue weighted by Gasteiger charge is 2.18. The standard InChI is InChI=1S/C19H24N6O.ClH/c1-25-18-16(12-21-25)17(20-11-13-7-9-15(26-2)10-8-13)23-19(24-18)22-14-5-3-4-6-14;/h7-10,12,14H,3-6,11H2,1-2H3,(H2,20,22,23,24);1H. The average Bonchev–Trinajstić information content (AvgIpc) is 3.31. The normalized spacial score (nSPS) is 14.1. The quantitative estimate of drug-likeness (QED) is 0.669. The van der Waals surface area contributed by atoms with Crippen molar-refractivity contribution in [3.63, 3.8) is 0 Å². The minimum Gasteiger partial charge on any atom is -0.497 e. The van der Waals surface area contributed by atoms with Crippen LogP contribution in [0.3, 0.4) is 0 Å². The Morgan fingerprint density at radius 2 is 1.89 bits per heavy atom. The molecule has 0 spiro atoms. The third-order valence-electron chi connectivity index (χ3n) is 4.90. The monoisotopic (exact) mass is 388 g/mol. The fourth-order valence-corrected chi connectivity index (χ4v) is 3.40. The first-order valence-electron chi connectivity index (χ1n) is 9.06. The molecule has 0 amide bonds. The molecule has 0 radical (unpaired) electrons. The number of hydrogen-bond donors (Lipinski definition) is 2. The smallest absolute Gasteiger partial charge is 0.226 e. The summed E-state index contributed by atoms with van der Waals surface area (Å²) < 4.78 is 7.00. The maximum absolute atomic E-state index is 5.21. The second-order valence-corrected chi connectivity index (χ2v) is 6.73. The molecule has 1 aromatic carbocycles. The Bertz CT molecular complexity index is 889. The van der Waals surface area contributed by atoms with Crippen LogP contribution < -0.4 is 15.4 Å². The molecular weight excluding hydrogens is 364 g/mol. The van der Waals surface area contributed by atoms with Gasteiger partial charge in [0.25, 0.3) is 0 Å². The van der Waals surface area contributed by atoms with E-state index in [0.29, 0.717) is 18.5 Å². The molecule has 144 valence electrons. The highest BCUT2D eigenvalue weighted by molar-refractivity contribution is 5.87. The van der Waals surface area contributed by atoms with E-state index in [2.05, 4.69) is 20.7 Å². The summed E-state index contributed by atoms with van der Waals surface area (Å²) in [5, 5.41) is 12.2. The molecule has 1 saturated carbocycles. The van der Waals surface area contributed by atoms with E-state index in [-0.39, 0.29) is 12.4 Å². The van der Waals surface area contributed by atoms with Crippen molar-refractivity contribution in [2.75, 3.05) is 17.7 Å². The van der Waals surface area contributed by atoms with Crippen LogP contribution in [-0.4, -0.2) is 32.9 Å². The van der Waals surface area contributed by atoms with Crippen LogP contribution in [0.5, 0.6) is 5.75 Å². The predicted molar refractivity (Wildman–Crippen MR) is 110 cm³/mol. The molecule has 27 heavy (non-hydrogen) atoms. The van der Waals surface area contributed by atoms with Gasteiger partial charge in [-0.1, -0.05) is 25.0 Å². The van der Waals surface area contributed by atoms with Gasteiger partial charge in [0.05, 0.1) is 18.7 Å². The molecule has 8 heteroatoms. The Kier molecular flexibility index (Phi) is 6.01. The molecule has 7 nitrogen and oxygen atoms in total. The van der Waals surface area contributed by atoms with Crippen molar-refractivity contribution in [2.24, 2.45) is 7.05 Å². The Hall–Kier alpha value is -2.54. The van der Waals surface area contributed by atoms with E-state index in [1.165, 1.54) is 25.7 Å². The number of halogens is 1. The number of nitrogens with one attached hydrogen (secondary N) is 2. The molecule has 0 aliphatic heterocycles. The van der Waals surface area contributed by atoms with Crippen LogP contribution >= 0.6 is 12.4 Å². The fraction of sp³-hybridized carbons (Fsp3) is 0.421. The number of methoxy groups -OCH3 is 1. The number of ether oxygens (including phenoxy) is 1. The molecule has 2 aromatic heterocycles. The maximum Gasteiger partial charge on any atom is 0.226 e. The van der Waals surface area contributed by atoms with Crippen LogP contribution in [0, 0.1) is 0 Å². The van der Waals surface area contributed by atoms with Gasteiger partial charge >= 0.3 is 0 Å². The van der Waals surface area contributed by atoms with Gasteiger partial charge in [0.2, 0.25) is 5.95 Å². The van der Waals surface area contributed by atoms with Crippen molar-refractivity contribution >= 4 is 35.2 Å². The Labute approximate surface area is 164 Å². The van der Waals surface area contributed by atoms with Gasteiger partial charge in [0.1, 0.15) is 11.6 Å². The van der Waals surface area contributed by atoms with Gasteiger partial charge in [-0.3, -0.25) is 4.68 Å². The zero-order valence-corrected chi connectivity index (χ0v) is 16.4. The van der Waals surface area contributed by atoms with Crippen LogP contribution in [-0.2, 0) is 13.6 Å². The van der Waals surface area contributed by atoms with E-state index in [9.17, 15) is 0 Å². The van der Waals surface area contributed by atoms with Gasteiger partial charge in [0, 0.05) is 19.6 Å². The summed E-state index contributed by atoms with van der Waals surface area (Å²) in [4.78, 5) is 9.37. The first kappa shape index (κ1) is 19.2. The molecule has 1 aliphatic rings. The summed E-state index contributed by atoms with van der Waals surface area (Å²) in [5.41, 5.74) is 1.99. The maximum atomic E-state index is 5.21. The van der Waals surface area contributed by atoms with Crippen molar-refractivity contribution in [3.05, 3.63) is 36.0 Å². The van der Waals surface area contributed by atoms with Crippen molar-refractivity contribution in [1.82, 2.24) is 19.7 Å². The lowest BCUT2D eigenvalue weighted by molar-refractivity contribution is 0.414. The van der Waals surface area contributed by atoms with Crippen LogP contribution in [0.4, 0.5) is 11.8 Å². The number of hydrogen-bond acceptors (Lipinski definition) is 6. The fourth-order valence-electron chi connectivity index (χ4n) is 3.40. The number of aryl methyl sites for hydroxylation is 1. The lowest BCUT2D eigenvalue weighted by Gasteiger charge is -2.14. The summed E-state index contributed by atoms with van der Waals surface area (Å²) in [6.45, 7) is 0.674. The van der Waals surface area contributed by atoms with E-state index in [1.807, 2.05) is 37.5 Å². The summed E-state index contributed by atoms with van der Waals surface area (Å²) in [6.07, 6.45) is 6.72. The summed E-state index contributed by atoms with van der Waals surface area (Å²) >= 11 is 0. The lowest BCUT2D eigenvalue weighted by atomic mass is 10.2. The van der Waals surface area contributed by atoms with Crippen LogP contribution in [0.1, 0.15) is 31.2 Å². The first-order valence-corrected chi connectivity index (χ1v) is 9.06.